The molecule has 1 aliphatic heterocycles. The summed E-state index contributed by atoms with van der Waals surface area (Å²) >= 11 is 0. The molecule has 0 radical (unpaired) electrons. The highest BCUT2D eigenvalue weighted by atomic mass is 15.2. The minimum Gasteiger partial charge on any atom is -0.316 e. The molecular formula is C17H34N2. The molecule has 2 nitrogen and oxygen atoms in total. The van der Waals surface area contributed by atoms with Crippen molar-refractivity contribution in [2.24, 2.45) is 11.3 Å². The van der Waals surface area contributed by atoms with Crippen LogP contribution in [0.4, 0.5) is 0 Å². The van der Waals surface area contributed by atoms with Gasteiger partial charge in [-0.2, -0.15) is 0 Å². The molecule has 2 rings (SSSR count). The summed E-state index contributed by atoms with van der Waals surface area (Å²) in [5, 5.41) is 3.57. The lowest BCUT2D eigenvalue weighted by molar-refractivity contribution is 0.0770. The molecule has 0 spiro atoms. The SMILES string of the molecule is CCCN(CC1CCCNC1)C1CCCC(C)(C)C1. The number of piperidine rings is 1. The molecule has 2 atom stereocenters. The molecule has 112 valence electrons. The molecule has 1 N–H and O–H groups in total. The highest BCUT2D eigenvalue weighted by Gasteiger charge is 2.32. The van der Waals surface area contributed by atoms with Gasteiger partial charge in [0.15, 0.2) is 0 Å². The van der Waals surface area contributed by atoms with Crippen LogP contribution in [-0.2, 0) is 0 Å². The molecule has 0 aromatic rings. The summed E-state index contributed by atoms with van der Waals surface area (Å²) in [6, 6.07) is 0.852. The second-order valence-electron chi connectivity index (χ2n) is 7.62. The number of rotatable bonds is 5. The van der Waals surface area contributed by atoms with E-state index in [9.17, 15) is 0 Å². The van der Waals surface area contributed by atoms with Gasteiger partial charge in [-0.1, -0.05) is 27.2 Å². The molecule has 19 heavy (non-hydrogen) atoms. The summed E-state index contributed by atoms with van der Waals surface area (Å²) < 4.78 is 0. The summed E-state index contributed by atoms with van der Waals surface area (Å²) in [7, 11) is 0. The fourth-order valence-corrected chi connectivity index (χ4v) is 4.09. The summed E-state index contributed by atoms with van der Waals surface area (Å²) in [6.07, 6.45) is 9.81. The first-order valence-electron chi connectivity index (χ1n) is 8.55. The highest BCUT2D eigenvalue weighted by molar-refractivity contribution is 4.86. The van der Waals surface area contributed by atoms with Crippen molar-refractivity contribution in [2.75, 3.05) is 26.2 Å². The molecule has 0 bridgehead atoms. The van der Waals surface area contributed by atoms with Crippen LogP contribution in [0.2, 0.25) is 0 Å². The summed E-state index contributed by atoms with van der Waals surface area (Å²) in [5.41, 5.74) is 0.569. The van der Waals surface area contributed by atoms with Gasteiger partial charge in [-0.25, -0.2) is 0 Å². The van der Waals surface area contributed by atoms with Crippen LogP contribution in [0, 0.1) is 11.3 Å². The van der Waals surface area contributed by atoms with Gasteiger partial charge in [0, 0.05) is 12.6 Å². The Morgan fingerprint density at radius 1 is 1.21 bits per heavy atom. The van der Waals surface area contributed by atoms with Crippen LogP contribution in [0.3, 0.4) is 0 Å². The summed E-state index contributed by atoms with van der Waals surface area (Å²) in [6.45, 7) is 12.4. The van der Waals surface area contributed by atoms with E-state index < -0.39 is 0 Å². The summed E-state index contributed by atoms with van der Waals surface area (Å²) in [5.74, 6) is 0.894. The van der Waals surface area contributed by atoms with E-state index in [0.29, 0.717) is 5.41 Å². The lowest BCUT2D eigenvalue weighted by Crippen LogP contribution is -2.46. The summed E-state index contributed by atoms with van der Waals surface area (Å²) in [4.78, 5) is 2.83. The fraction of sp³-hybridized carbons (Fsp3) is 1.00. The van der Waals surface area contributed by atoms with Crippen molar-refractivity contribution >= 4 is 0 Å². The first kappa shape index (κ1) is 15.3. The third kappa shape index (κ3) is 4.75. The van der Waals surface area contributed by atoms with Crippen molar-refractivity contribution in [1.82, 2.24) is 10.2 Å². The topological polar surface area (TPSA) is 15.3 Å². The largest absolute Gasteiger partial charge is 0.316 e. The van der Waals surface area contributed by atoms with E-state index >= 15 is 0 Å². The van der Waals surface area contributed by atoms with Gasteiger partial charge >= 0.3 is 0 Å². The predicted octanol–water partition coefficient (Wildman–Crippen LogP) is 3.67. The van der Waals surface area contributed by atoms with Crippen molar-refractivity contribution in [2.45, 2.75) is 71.8 Å². The molecule has 0 amide bonds. The number of hydrogen-bond acceptors (Lipinski definition) is 2. The monoisotopic (exact) mass is 266 g/mol. The van der Waals surface area contributed by atoms with Crippen LogP contribution in [0.15, 0.2) is 0 Å². The van der Waals surface area contributed by atoms with Crippen molar-refractivity contribution in [3.8, 4) is 0 Å². The third-order valence-corrected chi connectivity index (χ3v) is 5.10. The van der Waals surface area contributed by atoms with Gasteiger partial charge in [0.1, 0.15) is 0 Å². The molecule has 1 saturated heterocycles. The molecule has 0 aromatic heterocycles. The average Bonchev–Trinajstić information content (AvgIpc) is 2.38. The molecule has 0 aromatic carbocycles. The fourth-order valence-electron chi connectivity index (χ4n) is 4.09. The smallest absolute Gasteiger partial charge is 0.0100 e. The van der Waals surface area contributed by atoms with Crippen LogP contribution in [0.1, 0.15) is 65.7 Å². The van der Waals surface area contributed by atoms with Crippen LogP contribution in [0.25, 0.3) is 0 Å². The minimum atomic E-state index is 0.569. The van der Waals surface area contributed by atoms with Crippen molar-refractivity contribution < 1.29 is 0 Å². The van der Waals surface area contributed by atoms with Crippen LogP contribution < -0.4 is 5.32 Å². The van der Waals surface area contributed by atoms with Crippen LogP contribution >= 0.6 is 0 Å². The zero-order valence-corrected chi connectivity index (χ0v) is 13.4. The predicted molar refractivity (Wildman–Crippen MR) is 83.5 cm³/mol. The number of nitrogens with zero attached hydrogens (tertiary/aromatic N) is 1. The first-order valence-corrected chi connectivity index (χ1v) is 8.55. The molecule has 2 heteroatoms. The highest BCUT2D eigenvalue weighted by Crippen LogP contribution is 2.37. The Hall–Kier alpha value is -0.0800. The number of hydrogen-bond donors (Lipinski definition) is 1. The lowest BCUT2D eigenvalue weighted by atomic mass is 9.74. The maximum Gasteiger partial charge on any atom is 0.0100 e. The van der Waals surface area contributed by atoms with Gasteiger partial charge in [-0.3, -0.25) is 0 Å². The standard InChI is InChI=1S/C17H34N2/c1-4-11-19(14-15-7-6-10-18-13-15)16-8-5-9-17(2,3)12-16/h15-16,18H,4-14H2,1-3H3. The average molecular weight is 266 g/mol. The van der Waals surface area contributed by atoms with E-state index in [1.54, 1.807) is 0 Å². The van der Waals surface area contributed by atoms with E-state index in [2.05, 4.69) is 31.0 Å². The first-order chi connectivity index (χ1) is 9.11. The maximum absolute atomic E-state index is 3.57. The normalized spacial score (nSPS) is 31.6. The quantitative estimate of drug-likeness (QED) is 0.817. The van der Waals surface area contributed by atoms with E-state index in [1.807, 2.05) is 0 Å². The Labute approximate surface area is 120 Å². The van der Waals surface area contributed by atoms with Gasteiger partial charge in [0.25, 0.3) is 0 Å². The van der Waals surface area contributed by atoms with Gasteiger partial charge in [0.2, 0.25) is 0 Å². The minimum absolute atomic E-state index is 0.569. The van der Waals surface area contributed by atoms with Gasteiger partial charge in [0.05, 0.1) is 0 Å². The molecule has 2 aliphatic rings. The van der Waals surface area contributed by atoms with Gasteiger partial charge < -0.3 is 10.2 Å². The Morgan fingerprint density at radius 3 is 2.68 bits per heavy atom. The van der Waals surface area contributed by atoms with Crippen molar-refractivity contribution in [3.63, 3.8) is 0 Å². The van der Waals surface area contributed by atoms with Crippen LogP contribution in [-0.4, -0.2) is 37.1 Å². The van der Waals surface area contributed by atoms with Crippen LogP contribution in [0.5, 0.6) is 0 Å². The van der Waals surface area contributed by atoms with E-state index in [4.69, 9.17) is 0 Å². The Balaban J connectivity index is 1.90. The second kappa shape index (κ2) is 7.08. The van der Waals surface area contributed by atoms with Gasteiger partial charge in [-0.15, -0.1) is 0 Å². The van der Waals surface area contributed by atoms with E-state index in [-0.39, 0.29) is 0 Å². The second-order valence-corrected chi connectivity index (χ2v) is 7.62. The maximum atomic E-state index is 3.57. The van der Waals surface area contributed by atoms with Gasteiger partial charge in [-0.05, 0) is 69.5 Å². The molecule has 1 saturated carbocycles. The lowest BCUT2D eigenvalue weighted by Gasteiger charge is -2.43. The van der Waals surface area contributed by atoms with Crippen molar-refractivity contribution in [1.29, 1.82) is 0 Å². The van der Waals surface area contributed by atoms with Crippen molar-refractivity contribution in [3.05, 3.63) is 0 Å². The zero-order valence-electron chi connectivity index (χ0n) is 13.4. The third-order valence-electron chi connectivity index (χ3n) is 5.10. The molecule has 2 fully saturated rings. The molecule has 2 unspecified atom stereocenters. The Kier molecular flexibility index (Phi) is 5.70. The molecule has 1 heterocycles. The Bertz CT molecular complexity index is 256. The molecular weight excluding hydrogens is 232 g/mol. The zero-order chi connectivity index (χ0) is 13.7. The number of nitrogens with one attached hydrogen (secondary N) is 1. The van der Waals surface area contributed by atoms with E-state index in [1.165, 1.54) is 71.1 Å². The molecule has 1 aliphatic carbocycles. The Morgan fingerprint density at radius 2 is 2.05 bits per heavy atom. The van der Waals surface area contributed by atoms with E-state index in [0.717, 1.165) is 12.0 Å².